The predicted octanol–water partition coefficient (Wildman–Crippen LogP) is 5.14. The molecule has 4 bridgehead atoms. The Morgan fingerprint density at radius 1 is 0.848 bits per heavy atom. The molecule has 4 nitrogen and oxygen atoms in total. The highest BCUT2D eigenvalue weighted by Crippen LogP contribution is 2.69. The molecule has 2 unspecified atom stereocenters. The van der Waals surface area contributed by atoms with Gasteiger partial charge in [0.05, 0.1) is 5.92 Å². The minimum Gasteiger partial charge on any atom is -0.453 e. The third kappa shape index (κ3) is 4.24. The zero-order chi connectivity index (χ0) is 21.1. The number of nitrogens with zero attached hydrogens (tertiary/aromatic N) is 2. The minimum atomic E-state index is -0.405. The van der Waals surface area contributed by atoms with E-state index in [0.29, 0.717) is 0 Å². The highest BCUT2D eigenvalue weighted by atomic mass is 35.5. The van der Waals surface area contributed by atoms with Crippen molar-refractivity contribution in [2.45, 2.75) is 57.5 Å². The van der Waals surface area contributed by atoms with Crippen molar-refractivity contribution >= 4 is 30.8 Å². The number of hydrogen-bond donors (Lipinski definition) is 0. The number of esters is 1. The molecular formula is C27H40Cl2N2O2. The average Bonchev–Trinajstić information content (AvgIpc) is 3.12. The molecule has 0 aromatic heterocycles. The molecular weight excluding hydrogens is 455 g/mol. The molecule has 2 heterocycles. The van der Waals surface area contributed by atoms with Gasteiger partial charge in [-0.2, -0.15) is 0 Å². The fourth-order valence-electron chi connectivity index (χ4n) is 8.59. The number of rotatable bonds is 5. The SMILES string of the molecule is CCN1CCN(CC2CC(c3ccccc3)(C34CC5CC(CC(C5)C3)C4)OC2=O)CC1.Cl.Cl. The lowest BCUT2D eigenvalue weighted by Gasteiger charge is -2.62. The molecule has 1 aromatic rings. The number of carbonyl (C=O) groups is 1. The van der Waals surface area contributed by atoms with Crippen molar-refractivity contribution in [3.63, 3.8) is 0 Å². The Labute approximate surface area is 211 Å². The normalized spacial score (nSPS) is 40.2. The first-order valence-electron chi connectivity index (χ1n) is 12.8. The highest BCUT2D eigenvalue weighted by Gasteiger charge is 2.66. The van der Waals surface area contributed by atoms with Gasteiger partial charge < -0.3 is 9.64 Å². The number of cyclic esters (lactones) is 1. The second kappa shape index (κ2) is 9.68. The van der Waals surface area contributed by atoms with Crippen molar-refractivity contribution in [1.29, 1.82) is 0 Å². The molecule has 6 aliphatic rings. The molecule has 2 aliphatic heterocycles. The van der Waals surface area contributed by atoms with E-state index in [2.05, 4.69) is 47.1 Å². The Hall–Kier alpha value is -0.810. The second-order valence-electron chi connectivity index (χ2n) is 11.4. The summed E-state index contributed by atoms with van der Waals surface area (Å²) in [4.78, 5) is 18.4. The van der Waals surface area contributed by atoms with E-state index in [9.17, 15) is 4.79 Å². The summed E-state index contributed by atoms with van der Waals surface area (Å²) in [5.41, 5.74) is 1.02. The van der Waals surface area contributed by atoms with Crippen molar-refractivity contribution < 1.29 is 9.53 Å². The Bertz CT molecular complexity index is 791. The van der Waals surface area contributed by atoms with Crippen molar-refractivity contribution in [3.05, 3.63) is 35.9 Å². The molecule has 0 N–H and O–H groups in total. The van der Waals surface area contributed by atoms with Crippen LogP contribution in [-0.2, 0) is 15.1 Å². The van der Waals surface area contributed by atoms with E-state index in [1.807, 2.05) is 0 Å². The zero-order valence-corrected chi connectivity index (χ0v) is 21.5. The summed E-state index contributed by atoms with van der Waals surface area (Å²) in [6, 6.07) is 10.9. The lowest BCUT2D eigenvalue weighted by Crippen LogP contribution is -2.56. The van der Waals surface area contributed by atoms with Gasteiger partial charge >= 0.3 is 5.97 Å². The molecule has 1 aromatic carbocycles. The molecule has 0 spiro atoms. The smallest absolute Gasteiger partial charge is 0.311 e. The van der Waals surface area contributed by atoms with Gasteiger partial charge in [0.15, 0.2) is 0 Å². The predicted molar refractivity (Wildman–Crippen MR) is 136 cm³/mol. The van der Waals surface area contributed by atoms with Gasteiger partial charge in [0.1, 0.15) is 5.60 Å². The number of halogens is 2. The Morgan fingerprint density at radius 3 is 1.94 bits per heavy atom. The maximum Gasteiger partial charge on any atom is 0.311 e. The summed E-state index contributed by atoms with van der Waals surface area (Å²) >= 11 is 0. The molecule has 0 amide bonds. The van der Waals surface area contributed by atoms with Crippen LogP contribution in [0, 0.1) is 29.1 Å². The Morgan fingerprint density at radius 2 is 1.39 bits per heavy atom. The molecule has 2 saturated heterocycles. The molecule has 33 heavy (non-hydrogen) atoms. The summed E-state index contributed by atoms with van der Waals surface area (Å²) < 4.78 is 6.64. The number of ether oxygens (including phenoxy) is 1. The Balaban J connectivity index is 0.00000130. The lowest BCUT2D eigenvalue weighted by molar-refractivity contribution is -0.198. The van der Waals surface area contributed by atoms with Crippen molar-refractivity contribution in [2.24, 2.45) is 29.1 Å². The van der Waals surface area contributed by atoms with Crippen molar-refractivity contribution in [2.75, 3.05) is 39.3 Å². The molecule has 0 radical (unpaired) electrons. The second-order valence-corrected chi connectivity index (χ2v) is 11.4. The number of likely N-dealkylation sites (N-methyl/N-ethyl adjacent to an activating group) is 1. The number of hydrogen-bond acceptors (Lipinski definition) is 4. The van der Waals surface area contributed by atoms with E-state index in [4.69, 9.17) is 4.74 Å². The molecule has 6 heteroatoms. The van der Waals surface area contributed by atoms with Gasteiger partial charge in [-0.15, -0.1) is 24.8 Å². The van der Waals surface area contributed by atoms with Gasteiger partial charge in [-0.1, -0.05) is 37.3 Å². The van der Waals surface area contributed by atoms with Crippen LogP contribution in [-0.4, -0.2) is 55.0 Å². The average molecular weight is 496 g/mol. The van der Waals surface area contributed by atoms with Crippen LogP contribution in [0.1, 0.15) is 57.4 Å². The van der Waals surface area contributed by atoms with E-state index in [1.165, 1.54) is 44.1 Å². The van der Waals surface area contributed by atoms with Crippen molar-refractivity contribution in [1.82, 2.24) is 9.80 Å². The van der Waals surface area contributed by atoms with E-state index in [0.717, 1.165) is 63.4 Å². The molecule has 2 atom stereocenters. The van der Waals surface area contributed by atoms with Crippen molar-refractivity contribution in [3.8, 4) is 0 Å². The fraction of sp³-hybridized carbons (Fsp3) is 0.741. The number of benzene rings is 1. The van der Waals surface area contributed by atoms with Gasteiger partial charge in [-0.3, -0.25) is 9.69 Å². The van der Waals surface area contributed by atoms with E-state index >= 15 is 0 Å². The first-order chi connectivity index (χ1) is 15.1. The first-order valence-corrected chi connectivity index (χ1v) is 12.8. The largest absolute Gasteiger partial charge is 0.453 e. The topological polar surface area (TPSA) is 32.8 Å². The Kier molecular flexibility index (Phi) is 7.42. The molecule has 6 fully saturated rings. The maximum absolute atomic E-state index is 13.4. The van der Waals surface area contributed by atoms with Gasteiger partial charge in [0.25, 0.3) is 0 Å². The third-order valence-corrected chi connectivity index (χ3v) is 9.67. The molecule has 4 saturated carbocycles. The van der Waals surface area contributed by atoms with Gasteiger partial charge in [-0.05, 0) is 68.4 Å². The highest BCUT2D eigenvalue weighted by molar-refractivity contribution is 5.85. The van der Waals surface area contributed by atoms with Crippen LogP contribution in [0.15, 0.2) is 30.3 Å². The summed E-state index contributed by atoms with van der Waals surface area (Å²) in [5.74, 6) is 2.64. The summed E-state index contributed by atoms with van der Waals surface area (Å²) in [7, 11) is 0. The summed E-state index contributed by atoms with van der Waals surface area (Å²) in [6.07, 6.45) is 8.95. The molecule has 4 aliphatic carbocycles. The summed E-state index contributed by atoms with van der Waals surface area (Å²) in [6.45, 7) is 8.64. The van der Waals surface area contributed by atoms with Crippen LogP contribution >= 0.6 is 24.8 Å². The maximum atomic E-state index is 13.4. The van der Waals surface area contributed by atoms with Gasteiger partial charge in [0, 0.05) is 44.6 Å². The van der Waals surface area contributed by atoms with Crippen LogP contribution in [0.2, 0.25) is 0 Å². The fourth-order valence-corrected chi connectivity index (χ4v) is 8.59. The van der Waals surface area contributed by atoms with Crippen LogP contribution in [0.25, 0.3) is 0 Å². The molecule has 7 rings (SSSR count). The lowest BCUT2D eigenvalue weighted by atomic mass is 9.44. The van der Waals surface area contributed by atoms with E-state index in [1.54, 1.807) is 0 Å². The monoisotopic (exact) mass is 494 g/mol. The van der Waals surface area contributed by atoms with E-state index < -0.39 is 5.60 Å². The third-order valence-electron chi connectivity index (χ3n) is 9.67. The molecule has 184 valence electrons. The number of piperazine rings is 1. The first kappa shape index (κ1) is 25.3. The zero-order valence-electron chi connectivity index (χ0n) is 19.9. The summed E-state index contributed by atoms with van der Waals surface area (Å²) in [5, 5.41) is 0. The quantitative estimate of drug-likeness (QED) is 0.530. The van der Waals surface area contributed by atoms with E-state index in [-0.39, 0.29) is 42.1 Å². The van der Waals surface area contributed by atoms with Gasteiger partial charge in [0.2, 0.25) is 0 Å². The van der Waals surface area contributed by atoms with Crippen LogP contribution in [0.5, 0.6) is 0 Å². The van der Waals surface area contributed by atoms with Crippen LogP contribution in [0.4, 0.5) is 0 Å². The minimum absolute atomic E-state index is 0. The van der Waals surface area contributed by atoms with Crippen LogP contribution in [0.3, 0.4) is 0 Å². The standard InChI is InChI=1S/C27H38N2O2.2ClH/c1-2-28-8-10-29(11-9-28)19-23-18-27(31-25(23)30,24-6-4-3-5-7-24)26-15-20-12-21(16-26)14-22(13-20)17-26;;/h3-7,20-23H,2,8-19H2,1H3;2*1H. The van der Waals surface area contributed by atoms with Gasteiger partial charge in [-0.25, -0.2) is 0 Å². The number of carbonyl (C=O) groups excluding carboxylic acids is 1. The van der Waals surface area contributed by atoms with Crippen LogP contribution < -0.4 is 0 Å².